The van der Waals surface area contributed by atoms with Crippen LogP contribution in [0.15, 0.2) is 42.5 Å². The molecule has 1 amide bonds. The van der Waals surface area contributed by atoms with Crippen LogP contribution in [0.4, 0.5) is 5.69 Å². The lowest BCUT2D eigenvalue weighted by molar-refractivity contribution is 0.0950. The molecular weight excluding hydrogens is 412 g/mol. The van der Waals surface area contributed by atoms with Gasteiger partial charge in [0.05, 0.1) is 23.1 Å². The fraction of sp³-hybridized carbons (Fsp3) is 0.381. The SMILES string of the molecule is CS(=O)(=O)Nc1cc(C(=O)NCc2cccc(OC3CCCCC3)c2)ccc1Cl. The van der Waals surface area contributed by atoms with Crippen molar-refractivity contribution in [2.45, 2.75) is 44.8 Å². The van der Waals surface area contributed by atoms with Crippen molar-refractivity contribution in [2.75, 3.05) is 11.0 Å². The molecule has 0 aliphatic heterocycles. The summed E-state index contributed by atoms with van der Waals surface area (Å²) < 4.78 is 31.3. The van der Waals surface area contributed by atoms with Gasteiger partial charge in [-0.2, -0.15) is 0 Å². The van der Waals surface area contributed by atoms with Gasteiger partial charge in [0.15, 0.2) is 0 Å². The molecule has 0 radical (unpaired) electrons. The lowest BCUT2D eigenvalue weighted by Crippen LogP contribution is -2.23. The summed E-state index contributed by atoms with van der Waals surface area (Å²) in [4.78, 5) is 12.5. The highest BCUT2D eigenvalue weighted by molar-refractivity contribution is 7.92. The van der Waals surface area contributed by atoms with Crippen molar-refractivity contribution in [1.29, 1.82) is 0 Å². The van der Waals surface area contributed by atoms with Gasteiger partial charge in [0, 0.05) is 12.1 Å². The van der Waals surface area contributed by atoms with Crippen molar-refractivity contribution in [3.63, 3.8) is 0 Å². The maximum absolute atomic E-state index is 12.5. The number of hydrogen-bond acceptors (Lipinski definition) is 4. The van der Waals surface area contributed by atoms with Crippen LogP contribution in [-0.4, -0.2) is 26.7 Å². The van der Waals surface area contributed by atoms with E-state index in [1.54, 1.807) is 6.07 Å². The molecule has 0 unspecified atom stereocenters. The van der Waals surface area contributed by atoms with Crippen LogP contribution in [0.1, 0.15) is 48.0 Å². The highest BCUT2D eigenvalue weighted by Crippen LogP contribution is 2.25. The molecule has 1 aliphatic rings. The van der Waals surface area contributed by atoms with E-state index < -0.39 is 10.0 Å². The highest BCUT2D eigenvalue weighted by Gasteiger charge is 2.15. The number of anilines is 1. The predicted molar refractivity (Wildman–Crippen MR) is 115 cm³/mol. The first-order chi connectivity index (χ1) is 13.8. The normalized spacial score (nSPS) is 15.0. The fourth-order valence-corrected chi connectivity index (χ4v) is 4.12. The third kappa shape index (κ3) is 6.65. The first-order valence-electron chi connectivity index (χ1n) is 9.61. The molecule has 0 atom stereocenters. The first-order valence-corrected chi connectivity index (χ1v) is 11.9. The summed E-state index contributed by atoms with van der Waals surface area (Å²) in [5, 5.41) is 3.06. The zero-order valence-corrected chi connectivity index (χ0v) is 17.9. The third-order valence-electron chi connectivity index (χ3n) is 4.73. The van der Waals surface area contributed by atoms with Crippen LogP contribution in [0, 0.1) is 0 Å². The molecule has 1 saturated carbocycles. The van der Waals surface area contributed by atoms with Crippen molar-refractivity contribution in [2.24, 2.45) is 0 Å². The van der Waals surface area contributed by atoms with Crippen LogP contribution in [0.5, 0.6) is 5.75 Å². The molecule has 3 rings (SSSR count). The van der Waals surface area contributed by atoms with E-state index in [9.17, 15) is 13.2 Å². The summed E-state index contributed by atoms with van der Waals surface area (Å²) in [7, 11) is -3.49. The Hall–Kier alpha value is -2.25. The second kappa shape index (κ2) is 9.50. The largest absolute Gasteiger partial charge is 0.490 e. The predicted octanol–water partition coefficient (Wildman–Crippen LogP) is 4.35. The second-order valence-corrected chi connectivity index (χ2v) is 9.43. The number of sulfonamides is 1. The molecule has 1 fully saturated rings. The van der Waals surface area contributed by atoms with Gasteiger partial charge in [-0.15, -0.1) is 0 Å². The van der Waals surface area contributed by atoms with E-state index in [-0.39, 0.29) is 22.7 Å². The van der Waals surface area contributed by atoms with Crippen molar-refractivity contribution in [3.05, 3.63) is 58.6 Å². The summed E-state index contributed by atoms with van der Waals surface area (Å²) in [5.41, 5.74) is 1.41. The lowest BCUT2D eigenvalue weighted by Gasteiger charge is -2.23. The summed E-state index contributed by atoms with van der Waals surface area (Å²) in [6, 6.07) is 12.2. The van der Waals surface area contributed by atoms with E-state index in [4.69, 9.17) is 16.3 Å². The molecule has 0 aromatic heterocycles. The number of carbonyl (C=O) groups excluding carboxylic acids is 1. The molecule has 2 aromatic rings. The van der Waals surface area contributed by atoms with E-state index in [1.165, 1.54) is 31.4 Å². The Balaban J connectivity index is 1.62. The van der Waals surface area contributed by atoms with Gasteiger partial charge < -0.3 is 10.1 Å². The zero-order chi connectivity index (χ0) is 20.9. The van der Waals surface area contributed by atoms with E-state index in [1.807, 2.05) is 24.3 Å². The Morgan fingerprint density at radius 3 is 2.62 bits per heavy atom. The van der Waals surface area contributed by atoms with Crippen molar-refractivity contribution in [1.82, 2.24) is 5.32 Å². The minimum absolute atomic E-state index is 0.171. The molecule has 0 heterocycles. The molecule has 29 heavy (non-hydrogen) atoms. The van der Waals surface area contributed by atoms with Gasteiger partial charge in [-0.25, -0.2) is 8.42 Å². The monoisotopic (exact) mass is 436 g/mol. The molecule has 0 bridgehead atoms. The Morgan fingerprint density at radius 1 is 1.14 bits per heavy atom. The number of benzene rings is 2. The molecule has 0 saturated heterocycles. The second-order valence-electron chi connectivity index (χ2n) is 7.28. The van der Waals surface area contributed by atoms with Gasteiger partial charge in [0.1, 0.15) is 5.75 Å². The first kappa shape index (κ1) is 21.5. The molecule has 8 heteroatoms. The van der Waals surface area contributed by atoms with Crippen LogP contribution in [0.3, 0.4) is 0 Å². The summed E-state index contributed by atoms with van der Waals surface area (Å²) >= 11 is 6.00. The van der Waals surface area contributed by atoms with Crippen LogP contribution in [-0.2, 0) is 16.6 Å². The minimum atomic E-state index is -3.49. The number of ether oxygens (including phenoxy) is 1. The van der Waals surface area contributed by atoms with Gasteiger partial charge in [-0.05, 0) is 61.6 Å². The van der Waals surface area contributed by atoms with Crippen LogP contribution in [0.25, 0.3) is 0 Å². The molecule has 0 spiro atoms. The van der Waals surface area contributed by atoms with Crippen molar-refractivity contribution in [3.8, 4) is 5.75 Å². The van der Waals surface area contributed by atoms with Gasteiger partial charge in [-0.3, -0.25) is 9.52 Å². The summed E-state index contributed by atoms with van der Waals surface area (Å²) in [5.74, 6) is 0.492. The molecule has 6 nitrogen and oxygen atoms in total. The molecule has 1 aliphatic carbocycles. The third-order valence-corrected chi connectivity index (χ3v) is 5.65. The maximum atomic E-state index is 12.5. The van der Waals surface area contributed by atoms with E-state index in [0.717, 1.165) is 30.4 Å². The molecule has 156 valence electrons. The summed E-state index contributed by atoms with van der Waals surface area (Å²) in [6.07, 6.45) is 7.15. The Labute approximate surface area is 176 Å². The van der Waals surface area contributed by atoms with Crippen LogP contribution in [0.2, 0.25) is 5.02 Å². The highest BCUT2D eigenvalue weighted by atomic mass is 35.5. The standard InChI is InChI=1S/C21H25ClN2O4S/c1-29(26,27)24-20-13-16(10-11-19(20)22)21(25)23-14-15-6-5-9-18(12-15)28-17-7-3-2-4-8-17/h5-6,9-13,17,24H,2-4,7-8,14H2,1H3,(H,23,25). The van der Waals surface area contributed by atoms with E-state index in [0.29, 0.717) is 12.1 Å². The van der Waals surface area contributed by atoms with E-state index >= 15 is 0 Å². The van der Waals surface area contributed by atoms with Crippen molar-refractivity contribution >= 4 is 33.2 Å². The number of halogens is 1. The average molecular weight is 437 g/mol. The molecular formula is C21H25ClN2O4S. The van der Waals surface area contributed by atoms with Gasteiger partial charge in [0.2, 0.25) is 10.0 Å². The number of rotatable bonds is 7. The minimum Gasteiger partial charge on any atom is -0.490 e. The Kier molecular flexibility index (Phi) is 7.03. The number of carbonyl (C=O) groups is 1. The lowest BCUT2D eigenvalue weighted by atomic mass is 9.98. The average Bonchev–Trinajstić information content (AvgIpc) is 2.68. The zero-order valence-electron chi connectivity index (χ0n) is 16.3. The Bertz CT molecular complexity index is 972. The van der Waals surface area contributed by atoms with Gasteiger partial charge >= 0.3 is 0 Å². The topological polar surface area (TPSA) is 84.5 Å². The Morgan fingerprint density at radius 2 is 1.90 bits per heavy atom. The fourth-order valence-electron chi connectivity index (χ4n) is 3.33. The van der Waals surface area contributed by atoms with Gasteiger partial charge in [0.25, 0.3) is 5.91 Å². The van der Waals surface area contributed by atoms with Crippen LogP contribution >= 0.6 is 11.6 Å². The number of hydrogen-bond donors (Lipinski definition) is 2. The summed E-state index contributed by atoms with van der Waals surface area (Å²) in [6.45, 7) is 0.332. The van der Waals surface area contributed by atoms with Crippen LogP contribution < -0.4 is 14.8 Å². The molecule has 2 aromatic carbocycles. The number of amides is 1. The number of nitrogens with one attached hydrogen (secondary N) is 2. The van der Waals surface area contributed by atoms with E-state index in [2.05, 4.69) is 10.0 Å². The van der Waals surface area contributed by atoms with Crippen molar-refractivity contribution < 1.29 is 17.9 Å². The smallest absolute Gasteiger partial charge is 0.251 e. The quantitative estimate of drug-likeness (QED) is 0.675. The van der Waals surface area contributed by atoms with Gasteiger partial charge in [-0.1, -0.05) is 30.2 Å². The molecule has 2 N–H and O–H groups in total. The maximum Gasteiger partial charge on any atom is 0.251 e.